The van der Waals surface area contributed by atoms with Crippen LogP contribution in [0.2, 0.25) is 0 Å². The molecule has 2 N–H and O–H groups in total. The average molecular weight is 310 g/mol. The third kappa shape index (κ3) is 4.49. The first kappa shape index (κ1) is 15.9. The van der Waals surface area contributed by atoms with Crippen molar-refractivity contribution < 1.29 is 9.47 Å². The number of hydrazone groups is 1. The first-order valence-electron chi connectivity index (χ1n) is 7.14. The molecule has 0 aromatic carbocycles. The van der Waals surface area contributed by atoms with Gasteiger partial charge in [-0.05, 0) is 18.8 Å². The molecule has 1 aromatic heterocycles. The Labute approximate surface area is 129 Å². The van der Waals surface area contributed by atoms with E-state index < -0.39 is 0 Å². The highest BCUT2D eigenvalue weighted by Crippen LogP contribution is 2.35. The van der Waals surface area contributed by atoms with Gasteiger partial charge >= 0.3 is 0 Å². The summed E-state index contributed by atoms with van der Waals surface area (Å²) in [6.07, 6.45) is 8.05. The number of aromatic nitrogens is 2. The monoisotopic (exact) mass is 310 g/mol. The topological polar surface area (TPSA) is 82.6 Å². The molecule has 0 radical (unpaired) electrons. The number of rotatable bonds is 6. The van der Waals surface area contributed by atoms with Crippen LogP contribution in [0.15, 0.2) is 16.3 Å². The SMILES string of the molecule is COc1cc(OC)nc(SC(/C=N/N)C2CCCCC2)n1. The lowest BCUT2D eigenvalue weighted by Gasteiger charge is -2.26. The van der Waals surface area contributed by atoms with E-state index >= 15 is 0 Å². The quantitative estimate of drug-likeness (QED) is 0.286. The summed E-state index contributed by atoms with van der Waals surface area (Å²) in [5, 5.41) is 4.54. The van der Waals surface area contributed by atoms with Gasteiger partial charge < -0.3 is 15.3 Å². The van der Waals surface area contributed by atoms with E-state index in [0.717, 1.165) is 0 Å². The van der Waals surface area contributed by atoms with Crippen molar-refractivity contribution in [3.05, 3.63) is 6.07 Å². The van der Waals surface area contributed by atoms with Crippen LogP contribution in [0.5, 0.6) is 11.8 Å². The highest BCUT2D eigenvalue weighted by molar-refractivity contribution is 8.00. The van der Waals surface area contributed by atoms with Gasteiger partial charge in [0.05, 0.1) is 25.5 Å². The van der Waals surface area contributed by atoms with Crippen molar-refractivity contribution in [3.63, 3.8) is 0 Å². The highest BCUT2D eigenvalue weighted by atomic mass is 32.2. The number of methoxy groups -OCH3 is 2. The van der Waals surface area contributed by atoms with Crippen molar-refractivity contribution in [3.8, 4) is 11.8 Å². The fraction of sp³-hybridized carbons (Fsp3) is 0.643. The van der Waals surface area contributed by atoms with Crippen molar-refractivity contribution in [1.29, 1.82) is 0 Å². The standard InChI is InChI=1S/C14H22N4O2S/c1-19-12-8-13(20-2)18-14(17-12)21-11(9-16-15)10-6-4-3-5-7-10/h8-11H,3-7,15H2,1-2H3/b16-9+. The van der Waals surface area contributed by atoms with Crippen LogP contribution in [-0.2, 0) is 0 Å². The van der Waals surface area contributed by atoms with Crippen LogP contribution in [0.1, 0.15) is 32.1 Å². The molecule has 0 aliphatic heterocycles. The highest BCUT2D eigenvalue weighted by Gasteiger charge is 2.24. The number of hydrogen-bond donors (Lipinski definition) is 1. The summed E-state index contributed by atoms with van der Waals surface area (Å²) in [7, 11) is 3.16. The van der Waals surface area contributed by atoms with Crippen molar-refractivity contribution >= 4 is 18.0 Å². The summed E-state index contributed by atoms with van der Waals surface area (Å²) in [5.41, 5.74) is 0. The molecule has 1 aromatic rings. The Morgan fingerprint density at radius 1 is 1.24 bits per heavy atom. The van der Waals surface area contributed by atoms with Gasteiger partial charge in [-0.1, -0.05) is 31.0 Å². The van der Waals surface area contributed by atoms with Crippen molar-refractivity contribution in [1.82, 2.24) is 9.97 Å². The molecule has 0 spiro atoms. The normalized spacial score (nSPS) is 17.8. The number of nitrogens with two attached hydrogens (primary N) is 1. The van der Waals surface area contributed by atoms with E-state index in [0.29, 0.717) is 22.8 Å². The molecule has 0 bridgehead atoms. The molecule has 1 fully saturated rings. The molecule has 2 rings (SSSR count). The lowest BCUT2D eigenvalue weighted by Crippen LogP contribution is -2.22. The Bertz CT molecular complexity index is 456. The van der Waals surface area contributed by atoms with Gasteiger partial charge in [0.15, 0.2) is 5.16 Å². The van der Waals surface area contributed by atoms with Crippen molar-refractivity contribution in [2.24, 2.45) is 16.9 Å². The Balaban J connectivity index is 2.15. The minimum absolute atomic E-state index is 0.187. The van der Waals surface area contributed by atoms with Gasteiger partial charge in [-0.2, -0.15) is 15.1 Å². The third-order valence-electron chi connectivity index (χ3n) is 3.67. The van der Waals surface area contributed by atoms with E-state index in [-0.39, 0.29) is 5.25 Å². The van der Waals surface area contributed by atoms with Crippen molar-refractivity contribution in [2.45, 2.75) is 42.5 Å². The van der Waals surface area contributed by atoms with Crippen LogP contribution in [-0.4, -0.2) is 35.7 Å². The largest absolute Gasteiger partial charge is 0.481 e. The maximum atomic E-state index is 5.37. The third-order valence-corrected chi connectivity index (χ3v) is 4.84. The van der Waals surface area contributed by atoms with Gasteiger partial charge in [-0.25, -0.2) is 0 Å². The van der Waals surface area contributed by atoms with Crippen LogP contribution in [0.4, 0.5) is 0 Å². The molecule has 116 valence electrons. The van der Waals surface area contributed by atoms with Gasteiger partial charge in [0.25, 0.3) is 0 Å². The molecular weight excluding hydrogens is 288 g/mol. The van der Waals surface area contributed by atoms with Crippen LogP contribution >= 0.6 is 11.8 Å². The molecule has 0 amide bonds. The molecule has 21 heavy (non-hydrogen) atoms. The van der Waals surface area contributed by atoms with E-state index in [1.807, 2.05) is 0 Å². The average Bonchev–Trinajstić information content (AvgIpc) is 2.55. The smallest absolute Gasteiger partial charge is 0.220 e. The van der Waals surface area contributed by atoms with Gasteiger partial charge in [-0.3, -0.25) is 0 Å². The minimum atomic E-state index is 0.187. The Morgan fingerprint density at radius 3 is 2.38 bits per heavy atom. The van der Waals surface area contributed by atoms with Gasteiger partial charge in [0.2, 0.25) is 11.8 Å². The van der Waals surface area contributed by atoms with Crippen LogP contribution < -0.4 is 15.3 Å². The molecule has 1 aliphatic rings. The maximum absolute atomic E-state index is 5.37. The van der Waals surface area contributed by atoms with Crippen LogP contribution in [0.3, 0.4) is 0 Å². The zero-order chi connectivity index (χ0) is 15.1. The number of thioether (sulfide) groups is 1. The Hall–Kier alpha value is -1.50. The number of nitrogens with zero attached hydrogens (tertiary/aromatic N) is 3. The lowest BCUT2D eigenvalue weighted by molar-refractivity contribution is 0.362. The predicted octanol–water partition coefficient (Wildman–Crippen LogP) is 2.48. The minimum Gasteiger partial charge on any atom is -0.481 e. The lowest BCUT2D eigenvalue weighted by atomic mass is 9.87. The summed E-state index contributed by atoms with van der Waals surface area (Å²) in [5.74, 6) is 6.93. The van der Waals surface area contributed by atoms with Gasteiger partial charge in [0, 0.05) is 6.21 Å². The molecule has 1 unspecified atom stereocenters. The predicted molar refractivity (Wildman–Crippen MR) is 84.0 cm³/mol. The van der Waals surface area contributed by atoms with Gasteiger partial charge in [-0.15, -0.1) is 0 Å². The van der Waals surface area contributed by atoms with E-state index in [4.69, 9.17) is 15.3 Å². The Kier molecular flexibility index (Phi) is 6.10. The molecule has 1 aliphatic carbocycles. The fourth-order valence-corrected chi connectivity index (χ4v) is 3.69. The number of hydrogen-bond acceptors (Lipinski definition) is 7. The second kappa shape index (κ2) is 8.07. The van der Waals surface area contributed by atoms with E-state index in [2.05, 4.69) is 15.1 Å². The summed E-state index contributed by atoms with van der Waals surface area (Å²) in [4.78, 5) is 8.73. The van der Waals surface area contributed by atoms with Crippen LogP contribution in [0.25, 0.3) is 0 Å². The molecule has 1 heterocycles. The second-order valence-electron chi connectivity index (χ2n) is 5.01. The molecule has 6 nitrogen and oxygen atoms in total. The van der Waals surface area contributed by atoms with Gasteiger partial charge in [0.1, 0.15) is 0 Å². The second-order valence-corrected chi connectivity index (χ2v) is 6.16. The van der Waals surface area contributed by atoms with Crippen LogP contribution in [0, 0.1) is 5.92 Å². The van der Waals surface area contributed by atoms with E-state index in [9.17, 15) is 0 Å². The number of ether oxygens (including phenoxy) is 2. The molecular formula is C14H22N4O2S. The summed E-state index contributed by atoms with van der Waals surface area (Å²) in [6, 6.07) is 1.66. The summed E-state index contributed by atoms with van der Waals surface area (Å²) < 4.78 is 10.4. The molecule has 0 saturated heterocycles. The summed E-state index contributed by atoms with van der Waals surface area (Å²) in [6.45, 7) is 0. The van der Waals surface area contributed by atoms with E-state index in [1.54, 1.807) is 38.3 Å². The van der Waals surface area contributed by atoms with E-state index in [1.165, 1.54) is 32.1 Å². The summed E-state index contributed by atoms with van der Waals surface area (Å²) >= 11 is 1.57. The molecule has 1 saturated carbocycles. The Morgan fingerprint density at radius 2 is 1.86 bits per heavy atom. The first-order chi connectivity index (χ1) is 10.3. The fourth-order valence-electron chi connectivity index (χ4n) is 2.56. The van der Waals surface area contributed by atoms with Crippen molar-refractivity contribution in [2.75, 3.05) is 14.2 Å². The first-order valence-corrected chi connectivity index (χ1v) is 8.02. The zero-order valence-electron chi connectivity index (χ0n) is 12.5. The molecule has 1 atom stereocenters. The zero-order valence-corrected chi connectivity index (χ0v) is 13.3. The maximum Gasteiger partial charge on any atom is 0.220 e. The molecule has 7 heteroatoms.